The van der Waals surface area contributed by atoms with Gasteiger partial charge in [0, 0.05) is 23.5 Å². The van der Waals surface area contributed by atoms with E-state index in [4.69, 9.17) is 0 Å². The number of nitrogens with one attached hydrogen (secondary N) is 2. The predicted octanol–water partition coefficient (Wildman–Crippen LogP) is 2.07. The van der Waals surface area contributed by atoms with Crippen molar-refractivity contribution in [3.63, 3.8) is 0 Å². The Morgan fingerprint density at radius 1 is 0.875 bits per heavy atom. The van der Waals surface area contributed by atoms with Crippen LogP contribution in [-0.4, -0.2) is 7.05 Å². The zero-order valence-corrected chi connectivity index (χ0v) is 9.10. The van der Waals surface area contributed by atoms with Crippen LogP contribution >= 0.6 is 0 Å². The van der Waals surface area contributed by atoms with Crippen LogP contribution in [0.3, 0.4) is 0 Å². The van der Waals surface area contributed by atoms with Gasteiger partial charge in [0.25, 0.3) is 0 Å². The third-order valence-electron chi connectivity index (χ3n) is 2.35. The summed E-state index contributed by atoms with van der Waals surface area (Å²) >= 11 is 0. The summed E-state index contributed by atoms with van der Waals surface area (Å²) in [6.07, 6.45) is 0. The van der Waals surface area contributed by atoms with Crippen LogP contribution in [0.5, 0.6) is 0 Å². The molecule has 0 radical (unpaired) electrons. The van der Waals surface area contributed by atoms with Crippen LogP contribution in [0.15, 0.2) is 54.6 Å². The second-order valence-corrected chi connectivity index (χ2v) is 3.62. The second kappa shape index (κ2) is 4.79. The van der Waals surface area contributed by atoms with Crippen molar-refractivity contribution >= 4 is 17.1 Å². The highest BCUT2D eigenvalue weighted by Gasteiger charge is 1.97. The van der Waals surface area contributed by atoms with Gasteiger partial charge in [-0.2, -0.15) is 0 Å². The first-order chi connectivity index (χ1) is 7.75. The van der Waals surface area contributed by atoms with Crippen LogP contribution in [0.4, 0.5) is 17.1 Å². The molecule has 1 unspecified atom stereocenters. The number of benzene rings is 2. The van der Waals surface area contributed by atoms with Crippen molar-refractivity contribution < 1.29 is 5.06 Å². The predicted molar refractivity (Wildman–Crippen MR) is 66.1 cm³/mol. The summed E-state index contributed by atoms with van der Waals surface area (Å²) < 4.78 is 0. The highest BCUT2D eigenvalue weighted by atomic mass is 16.5. The summed E-state index contributed by atoms with van der Waals surface area (Å²) in [5, 5.41) is 14.4. The van der Waals surface area contributed by atoms with E-state index in [9.17, 15) is 5.21 Å². The van der Waals surface area contributed by atoms with E-state index in [1.54, 1.807) is 7.05 Å². The summed E-state index contributed by atoms with van der Waals surface area (Å²) in [6.45, 7) is 0. The van der Waals surface area contributed by atoms with Crippen LogP contribution in [0.1, 0.15) is 0 Å². The zero-order chi connectivity index (χ0) is 11.4. The van der Waals surface area contributed by atoms with Crippen LogP contribution in [-0.2, 0) is 0 Å². The minimum atomic E-state index is 0.0891. The van der Waals surface area contributed by atoms with E-state index in [1.807, 2.05) is 54.6 Å². The monoisotopic (exact) mass is 214 g/mol. The van der Waals surface area contributed by atoms with E-state index in [0.717, 1.165) is 17.1 Å². The van der Waals surface area contributed by atoms with Gasteiger partial charge in [0.1, 0.15) is 5.69 Å². The van der Waals surface area contributed by atoms with Crippen molar-refractivity contribution in [2.75, 3.05) is 12.4 Å². The summed E-state index contributed by atoms with van der Waals surface area (Å²) in [6, 6.07) is 17.4. The summed E-state index contributed by atoms with van der Waals surface area (Å²) in [5.74, 6) is 0. The van der Waals surface area contributed by atoms with E-state index in [0.29, 0.717) is 0 Å². The summed E-state index contributed by atoms with van der Waals surface area (Å²) in [7, 11) is 1.57. The Bertz CT molecular complexity index is 437. The van der Waals surface area contributed by atoms with Crippen molar-refractivity contribution in [1.82, 2.24) is 0 Å². The van der Waals surface area contributed by atoms with E-state index in [2.05, 4.69) is 5.32 Å². The van der Waals surface area contributed by atoms with Gasteiger partial charge in [0.05, 0.1) is 7.05 Å². The molecule has 3 heteroatoms. The molecular formula is C13H14N2O. The lowest BCUT2D eigenvalue weighted by atomic mass is 10.2. The summed E-state index contributed by atoms with van der Waals surface area (Å²) in [5.41, 5.74) is 2.76. The Morgan fingerprint density at radius 2 is 1.44 bits per heavy atom. The lowest BCUT2D eigenvalue weighted by molar-refractivity contribution is -0.751. The van der Waals surface area contributed by atoms with Gasteiger partial charge in [0.2, 0.25) is 0 Å². The molecule has 2 aromatic rings. The van der Waals surface area contributed by atoms with Crippen molar-refractivity contribution in [3.8, 4) is 0 Å². The molecule has 0 aliphatic heterocycles. The maximum absolute atomic E-state index is 11.1. The number of para-hydroxylation sites is 1. The molecule has 1 atom stereocenters. The Hall–Kier alpha value is -1.84. The third-order valence-corrected chi connectivity index (χ3v) is 2.35. The maximum atomic E-state index is 11.1. The molecule has 0 aliphatic rings. The van der Waals surface area contributed by atoms with E-state index < -0.39 is 0 Å². The average Bonchev–Trinajstić information content (AvgIpc) is 2.31. The number of hydroxylamine groups is 1. The smallest absolute Gasteiger partial charge is 0.131 e. The molecule has 3 nitrogen and oxygen atoms in total. The molecular weight excluding hydrogens is 200 g/mol. The van der Waals surface area contributed by atoms with Crippen molar-refractivity contribution in [3.05, 3.63) is 59.8 Å². The molecule has 0 saturated heterocycles. The molecule has 82 valence electrons. The van der Waals surface area contributed by atoms with Crippen LogP contribution in [0.25, 0.3) is 0 Å². The molecule has 16 heavy (non-hydrogen) atoms. The fraction of sp³-hybridized carbons (Fsp3) is 0.0769. The molecule has 0 saturated carbocycles. The fourth-order valence-corrected chi connectivity index (χ4v) is 1.48. The van der Waals surface area contributed by atoms with E-state index >= 15 is 0 Å². The largest absolute Gasteiger partial charge is 0.629 e. The molecule has 0 spiro atoms. The Labute approximate surface area is 94.9 Å². The highest BCUT2D eigenvalue weighted by Crippen LogP contribution is 2.16. The van der Waals surface area contributed by atoms with Crippen molar-refractivity contribution in [1.29, 1.82) is 0 Å². The molecule has 0 aliphatic carbocycles. The second-order valence-electron chi connectivity index (χ2n) is 3.62. The van der Waals surface area contributed by atoms with Gasteiger partial charge in [-0.15, -0.1) is 0 Å². The van der Waals surface area contributed by atoms with E-state index in [1.165, 1.54) is 0 Å². The van der Waals surface area contributed by atoms with E-state index in [-0.39, 0.29) is 5.06 Å². The molecule has 0 bridgehead atoms. The molecule has 0 heterocycles. The van der Waals surface area contributed by atoms with Crippen molar-refractivity contribution in [2.45, 2.75) is 0 Å². The molecule has 2 aromatic carbocycles. The quantitative estimate of drug-likeness (QED) is 0.768. The first kappa shape index (κ1) is 10.7. The molecule has 2 rings (SSSR count). The topological polar surface area (TPSA) is 39.5 Å². The van der Waals surface area contributed by atoms with Gasteiger partial charge in [-0.25, -0.2) is 0 Å². The molecule has 0 fully saturated rings. The number of rotatable bonds is 3. The first-order valence-electron chi connectivity index (χ1n) is 5.19. The first-order valence-corrected chi connectivity index (χ1v) is 5.19. The third kappa shape index (κ3) is 2.59. The zero-order valence-electron chi connectivity index (χ0n) is 9.10. The van der Waals surface area contributed by atoms with Crippen LogP contribution in [0.2, 0.25) is 0 Å². The number of anilines is 2. The minimum absolute atomic E-state index is 0.0891. The lowest BCUT2D eigenvalue weighted by Crippen LogP contribution is -2.98. The molecule has 2 N–H and O–H groups in total. The Kier molecular flexibility index (Phi) is 3.19. The molecule has 0 aromatic heterocycles. The molecule has 0 amide bonds. The minimum Gasteiger partial charge on any atom is -0.629 e. The number of hydrogen-bond donors (Lipinski definition) is 2. The Balaban J connectivity index is 2.11. The van der Waals surface area contributed by atoms with Gasteiger partial charge in [-0.3, -0.25) is 0 Å². The SMILES string of the molecule is C[NH+]([O-])c1ccc(Nc2ccccc2)cc1. The lowest BCUT2D eigenvalue weighted by Gasteiger charge is -2.15. The van der Waals surface area contributed by atoms with Crippen molar-refractivity contribution in [2.24, 2.45) is 0 Å². The number of hydrogen-bond acceptors (Lipinski definition) is 2. The van der Waals surface area contributed by atoms with Crippen LogP contribution in [0, 0.1) is 5.21 Å². The van der Waals surface area contributed by atoms with Gasteiger partial charge in [0.15, 0.2) is 0 Å². The van der Waals surface area contributed by atoms with Gasteiger partial charge in [-0.1, -0.05) is 18.2 Å². The average molecular weight is 214 g/mol. The normalized spacial score (nSPS) is 12.1. The maximum Gasteiger partial charge on any atom is 0.131 e. The van der Waals surface area contributed by atoms with Gasteiger partial charge >= 0.3 is 0 Å². The van der Waals surface area contributed by atoms with Gasteiger partial charge < -0.3 is 15.6 Å². The summed E-state index contributed by atoms with van der Waals surface area (Å²) in [4.78, 5) is 0. The van der Waals surface area contributed by atoms with Gasteiger partial charge in [-0.05, 0) is 24.3 Å². The number of quaternary nitrogens is 1. The fourth-order valence-electron chi connectivity index (χ4n) is 1.48. The highest BCUT2D eigenvalue weighted by molar-refractivity contribution is 5.60. The van der Waals surface area contributed by atoms with Crippen LogP contribution < -0.4 is 10.4 Å². The standard InChI is InChI=1S/C13H14N2O/c1-15(16)13-9-7-12(8-10-13)14-11-5-3-2-4-6-11/h2-10,14-15H,1H3. The Morgan fingerprint density at radius 3 is 2.00 bits per heavy atom.